The summed E-state index contributed by atoms with van der Waals surface area (Å²) in [5, 5.41) is 0. The van der Waals surface area contributed by atoms with Crippen LogP contribution in [0.4, 0.5) is 4.79 Å². The minimum atomic E-state index is -0.0237. The normalized spacial score (nSPS) is 26.6. The van der Waals surface area contributed by atoms with E-state index in [1.54, 1.807) is 7.11 Å². The Bertz CT molecular complexity index is 1040. The van der Waals surface area contributed by atoms with Crippen LogP contribution in [-0.4, -0.2) is 41.6 Å². The number of amides is 2. The molecule has 2 saturated carbocycles. The Morgan fingerprint density at radius 3 is 2.32 bits per heavy atom. The minimum absolute atomic E-state index is 0.0237. The topological polar surface area (TPSA) is 32.8 Å². The van der Waals surface area contributed by atoms with Gasteiger partial charge in [0.1, 0.15) is 5.75 Å². The van der Waals surface area contributed by atoms with Crippen molar-refractivity contribution in [2.75, 3.05) is 20.2 Å². The van der Waals surface area contributed by atoms with E-state index in [1.165, 1.54) is 68.9 Å². The number of rotatable bonds is 11. The number of unbranched alkanes of at least 4 members (excludes halogenated alkanes) is 1. The molecule has 38 heavy (non-hydrogen) atoms. The van der Waals surface area contributed by atoms with Crippen LogP contribution in [0.25, 0.3) is 0 Å². The lowest BCUT2D eigenvalue weighted by Gasteiger charge is -2.50. The number of hydrogen-bond donors (Lipinski definition) is 0. The summed E-state index contributed by atoms with van der Waals surface area (Å²) in [6.45, 7) is 7.26. The van der Waals surface area contributed by atoms with Gasteiger partial charge >= 0.3 is 6.03 Å². The maximum absolute atomic E-state index is 13.9. The van der Waals surface area contributed by atoms with Crippen molar-refractivity contribution in [2.24, 2.45) is 11.8 Å². The third kappa shape index (κ3) is 5.60. The van der Waals surface area contributed by atoms with Crippen molar-refractivity contribution >= 4 is 6.03 Å². The molecule has 0 N–H and O–H groups in total. The van der Waals surface area contributed by atoms with Gasteiger partial charge in [-0.25, -0.2) is 4.79 Å². The molecular formula is C34H48N2O2. The lowest BCUT2D eigenvalue weighted by molar-refractivity contribution is 0.0586. The first-order chi connectivity index (χ1) is 18.5. The number of urea groups is 1. The van der Waals surface area contributed by atoms with Crippen LogP contribution >= 0.6 is 0 Å². The Morgan fingerprint density at radius 2 is 1.71 bits per heavy atom. The first kappa shape index (κ1) is 27.1. The van der Waals surface area contributed by atoms with E-state index < -0.39 is 0 Å². The van der Waals surface area contributed by atoms with Crippen LogP contribution in [0.1, 0.15) is 95.6 Å². The molecule has 206 valence electrons. The second kappa shape index (κ2) is 11.7. The third-order valence-electron chi connectivity index (χ3n) is 10.1. The highest BCUT2D eigenvalue weighted by atomic mass is 16.5. The van der Waals surface area contributed by atoms with E-state index in [-0.39, 0.29) is 17.0 Å². The molecule has 2 aliphatic carbocycles. The molecule has 4 heteroatoms. The van der Waals surface area contributed by atoms with Crippen LogP contribution in [0.5, 0.6) is 5.75 Å². The van der Waals surface area contributed by atoms with Gasteiger partial charge in [0.25, 0.3) is 0 Å². The fourth-order valence-corrected chi connectivity index (χ4v) is 7.51. The van der Waals surface area contributed by atoms with E-state index in [0.29, 0.717) is 12.5 Å². The molecule has 2 aromatic rings. The Kier molecular flexibility index (Phi) is 8.35. The summed E-state index contributed by atoms with van der Waals surface area (Å²) in [6, 6.07) is 19.8. The van der Waals surface area contributed by atoms with Gasteiger partial charge < -0.3 is 14.5 Å². The maximum Gasteiger partial charge on any atom is 0.320 e. The summed E-state index contributed by atoms with van der Waals surface area (Å²) < 4.78 is 5.35. The molecule has 5 rings (SSSR count). The van der Waals surface area contributed by atoms with Crippen LogP contribution < -0.4 is 4.74 Å². The molecular weight excluding hydrogens is 468 g/mol. The Balaban J connectivity index is 1.37. The number of carbonyl (C=O) groups is 1. The van der Waals surface area contributed by atoms with Crippen molar-refractivity contribution < 1.29 is 9.53 Å². The van der Waals surface area contributed by atoms with Crippen LogP contribution in [0, 0.1) is 11.8 Å². The number of benzene rings is 2. The molecule has 2 aromatic carbocycles. The predicted octanol–water partition coefficient (Wildman–Crippen LogP) is 8.20. The fourth-order valence-electron chi connectivity index (χ4n) is 7.51. The van der Waals surface area contributed by atoms with Gasteiger partial charge in [-0.3, -0.25) is 0 Å². The zero-order valence-electron chi connectivity index (χ0n) is 24.0. The largest absolute Gasteiger partial charge is 0.497 e. The molecule has 0 bridgehead atoms. The molecule has 0 aromatic heterocycles. The van der Waals surface area contributed by atoms with E-state index in [2.05, 4.69) is 66.1 Å². The van der Waals surface area contributed by atoms with E-state index >= 15 is 0 Å². The molecule has 3 aliphatic rings. The first-order valence-corrected chi connectivity index (χ1v) is 15.2. The Hall–Kier alpha value is -2.49. The molecule has 3 fully saturated rings. The zero-order valence-corrected chi connectivity index (χ0v) is 24.0. The van der Waals surface area contributed by atoms with Crippen LogP contribution in [0.2, 0.25) is 0 Å². The highest BCUT2D eigenvalue weighted by molar-refractivity contribution is 5.78. The van der Waals surface area contributed by atoms with Gasteiger partial charge in [0.05, 0.1) is 12.6 Å². The average molecular weight is 517 g/mol. The Morgan fingerprint density at radius 1 is 1.00 bits per heavy atom. The van der Waals surface area contributed by atoms with E-state index in [1.807, 2.05) is 12.1 Å². The van der Waals surface area contributed by atoms with Crippen molar-refractivity contribution in [1.82, 2.24) is 9.80 Å². The van der Waals surface area contributed by atoms with Crippen molar-refractivity contribution in [3.05, 3.63) is 65.7 Å². The third-order valence-corrected chi connectivity index (χ3v) is 10.1. The number of hydrogen-bond acceptors (Lipinski definition) is 2. The predicted molar refractivity (Wildman–Crippen MR) is 155 cm³/mol. The maximum atomic E-state index is 13.9. The second-order valence-corrected chi connectivity index (χ2v) is 12.7. The van der Waals surface area contributed by atoms with Crippen LogP contribution in [0.15, 0.2) is 54.6 Å². The van der Waals surface area contributed by atoms with E-state index in [4.69, 9.17) is 4.74 Å². The SMILES string of the molecule is CCCCC(C)CC1(c2ccccc2)CCC2(CC1)CN(Cc1ccc(OC)cc1)C(=O)N2CC1CCC1. The molecule has 4 nitrogen and oxygen atoms in total. The zero-order chi connectivity index (χ0) is 26.6. The van der Waals surface area contributed by atoms with Crippen molar-refractivity contribution in [2.45, 2.75) is 102 Å². The van der Waals surface area contributed by atoms with Gasteiger partial charge in [0, 0.05) is 19.6 Å². The number of carbonyl (C=O) groups excluding carboxylic acids is 1. The van der Waals surface area contributed by atoms with Gasteiger partial charge in [-0.15, -0.1) is 0 Å². The van der Waals surface area contributed by atoms with Crippen molar-refractivity contribution in [1.29, 1.82) is 0 Å². The fraction of sp³-hybridized carbons (Fsp3) is 0.618. The highest BCUT2D eigenvalue weighted by Crippen LogP contribution is 2.51. The molecule has 1 spiro atoms. The van der Waals surface area contributed by atoms with Gasteiger partial charge in [0.2, 0.25) is 0 Å². The quantitative estimate of drug-likeness (QED) is 0.301. The van der Waals surface area contributed by atoms with Gasteiger partial charge in [0.15, 0.2) is 0 Å². The first-order valence-electron chi connectivity index (χ1n) is 15.2. The number of ether oxygens (including phenoxy) is 1. The molecule has 1 aliphatic heterocycles. The summed E-state index contributed by atoms with van der Waals surface area (Å²) >= 11 is 0. The highest BCUT2D eigenvalue weighted by Gasteiger charge is 2.54. The van der Waals surface area contributed by atoms with E-state index in [9.17, 15) is 4.79 Å². The van der Waals surface area contributed by atoms with Crippen LogP contribution in [0.3, 0.4) is 0 Å². The summed E-state index contributed by atoms with van der Waals surface area (Å²) in [7, 11) is 1.70. The number of nitrogens with zero attached hydrogens (tertiary/aromatic N) is 2. The van der Waals surface area contributed by atoms with Crippen molar-refractivity contribution in [3.8, 4) is 5.75 Å². The van der Waals surface area contributed by atoms with E-state index in [0.717, 1.165) is 37.6 Å². The summed E-state index contributed by atoms with van der Waals surface area (Å²) in [5.41, 5.74) is 2.90. The lowest BCUT2D eigenvalue weighted by atomic mass is 9.60. The summed E-state index contributed by atoms with van der Waals surface area (Å²) in [6.07, 6.45) is 13.6. The average Bonchev–Trinajstić information content (AvgIpc) is 3.17. The van der Waals surface area contributed by atoms with Crippen LogP contribution in [-0.2, 0) is 12.0 Å². The van der Waals surface area contributed by atoms with Gasteiger partial charge in [-0.2, -0.15) is 0 Å². The van der Waals surface area contributed by atoms with Gasteiger partial charge in [-0.05, 0) is 85.5 Å². The minimum Gasteiger partial charge on any atom is -0.497 e. The molecule has 1 saturated heterocycles. The molecule has 2 amide bonds. The van der Waals surface area contributed by atoms with Gasteiger partial charge in [-0.1, -0.05) is 82.0 Å². The molecule has 1 unspecified atom stereocenters. The van der Waals surface area contributed by atoms with Crippen molar-refractivity contribution in [3.63, 3.8) is 0 Å². The standard InChI is InChI=1S/C34H48N2O2/c1-4-5-10-27(2)23-33(30-13-7-6-8-14-30)19-21-34(22-20-33)26-35(24-29-15-17-31(38-3)18-16-29)32(37)36(34)25-28-11-9-12-28/h6-8,13-18,27-28H,4-5,9-12,19-26H2,1-3H3. The summed E-state index contributed by atoms with van der Waals surface area (Å²) in [5.74, 6) is 2.28. The number of methoxy groups -OCH3 is 1. The molecule has 1 atom stereocenters. The monoisotopic (exact) mass is 516 g/mol. The lowest BCUT2D eigenvalue weighted by Crippen LogP contribution is -2.54. The second-order valence-electron chi connectivity index (χ2n) is 12.7. The Labute approximate surface area is 230 Å². The summed E-state index contributed by atoms with van der Waals surface area (Å²) in [4.78, 5) is 18.4. The molecule has 0 radical (unpaired) electrons. The smallest absolute Gasteiger partial charge is 0.320 e. The molecule has 1 heterocycles.